The van der Waals surface area contributed by atoms with Gasteiger partial charge in [-0.3, -0.25) is 0 Å². The first-order chi connectivity index (χ1) is 12.8. The Morgan fingerprint density at radius 2 is 0.852 bits per heavy atom. The van der Waals surface area contributed by atoms with Crippen LogP contribution in [0.5, 0.6) is 0 Å². The highest BCUT2D eigenvalue weighted by atomic mass is 14.3. The molecule has 1 saturated carbocycles. The fourth-order valence-corrected chi connectivity index (χ4v) is 4.57. The third kappa shape index (κ3) is 6.83. The zero-order valence-corrected chi connectivity index (χ0v) is 16.8. The Labute approximate surface area is 168 Å². The Morgan fingerprint density at radius 3 is 1.15 bits per heavy atom. The third-order valence-electron chi connectivity index (χ3n) is 6.14. The molecule has 0 saturated heterocycles. The average Bonchev–Trinajstić information content (AvgIpc) is 2.67. The summed E-state index contributed by atoms with van der Waals surface area (Å²) in [7, 11) is 0. The molecule has 0 unspecified atom stereocenters. The van der Waals surface area contributed by atoms with E-state index in [9.17, 15) is 0 Å². The summed E-state index contributed by atoms with van der Waals surface area (Å²) in [5, 5.41) is 0. The van der Waals surface area contributed by atoms with Crippen LogP contribution in [0.15, 0.2) is 48.5 Å². The summed E-state index contributed by atoms with van der Waals surface area (Å²) in [6.07, 6.45) is 13.1. The summed E-state index contributed by atoms with van der Waals surface area (Å²) in [5.74, 6) is 1.80. The van der Waals surface area contributed by atoms with Crippen molar-refractivity contribution in [3.05, 3.63) is 70.8 Å². The lowest BCUT2D eigenvalue weighted by Gasteiger charge is -2.28. The number of benzene rings is 2. The average molecular weight is 365 g/mol. The van der Waals surface area contributed by atoms with Crippen LogP contribution >= 0.6 is 0 Å². The molecule has 0 radical (unpaired) electrons. The van der Waals surface area contributed by atoms with Crippen LogP contribution < -0.4 is 0 Å². The van der Waals surface area contributed by atoms with E-state index in [1.54, 1.807) is 11.1 Å². The van der Waals surface area contributed by atoms with Crippen LogP contribution in [0.4, 0.5) is 0 Å². The molecule has 0 aromatic heterocycles. The first-order valence-corrected chi connectivity index (χ1v) is 10.9. The molecule has 0 spiro atoms. The van der Waals surface area contributed by atoms with E-state index >= 15 is 0 Å². The molecule has 0 aliphatic heterocycles. The van der Waals surface area contributed by atoms with E-state index in [4.69, 9.17) is 0 Å². The molecule has 2 aromatic carbocycles. The standard InChI is InChI=1S/C26H36.CH4/c1-3-5-21-7-11-23(12-8-21)19-25-15-17-26(18-16-25)20-24-13-9-22(6-4-2)10-14-24;/h7-14,25-26H,3-6,15-20H2,1-2H3;1H4. The minimum Gasteiger partial charge on any atom is -0.0776 e. The van der Waals surface area contributed by atoms with Crippen molar-refractivity contribution < 1.29 is 0 Å². The molecule has 1 aliphatic carbocycles. The van der Waals surface area contributed by atoms with Gasteiger partial charge in [-0.2, -0.15) is 0 Å². The van der Waals surface area contributed by atoms with Crippen LogP contribution in [-0.4, -0.2) is 0 Å². The SMILES string of the molecule is C.CCCc1ccc(CC2CCC(Cc3ccc(CCC)cc3)CC2)cc1. The Kier molecular flexibility index (Phi) is 9.11. The van der Waals surface area contributed by atoms with Crippen LogP contribution in [0.3, 0.4) is 0 Å². The lowest BCUT2D eigenvalue weighted by Crippen LogP contribution is -2.18. The maximum absolute atomic E-state index is 2.37. The molecule has 0 amide bonds. The van der Waals surface area contributed by atoms with Gasteiger partial charge in [0.1, 0.15) is 0 Å². The van der Waals surface area contributed by atoms with Crippen LogP contribution in [0.1, 0.15) is 82.1 Å². The molecule has 0 heterocycles. The van der Waals surface area contributed by atoms with E-state index in [-0.39, 0.29) is 7.43 Å². The molecular formula is C27H40. The van der Waals surface area contributed by atoms with E-state index in [1.807, 2.05) is 0 Å². The van der Waals surface area contributed by atoms with Gasteiger partial charge in [-0.15, -0.1) is 0 Å². The predicted octanol–water partition coefficient (Wildman–Crippen LogP) is 7.82. The first-order valence-electron chi connectivity index (χ1n) is 10.9. The summed E-state index contributed by atoms with van der Waals surface area (Å²) in [5.41, 5.74) is 6.06. The number of hydrogen-bond donors (Lipinski definition) is 0. The molecule has 148 valence electrons. The van der Waals surface area contributed by atoms with Gasteiger partial charge >= 0.3 is 0 Å². The highest BCUT2D eigenvalue weighted by molar-refractivity contribution is 5.24. The molecule has 27 heavy (non-hydrogen) atoms. The summed E-state index contributed by atoms with van der Waals surface area (Å²) in [6.45, 7) is 4.51. The summed E-state index contributed by atoms with van der Waals surface area (Å²) < 4.78 is 0. The van der Waals surface area contributed by atoms with Crippen LogP contribution in [0.2, 0.25) is 0 Å². The second-order valence-electron chi connectivity index (χ2n) is 8.43. The molecule has 1 aliphatic rings. The highest BCUT2D eigenvalue weighted by Gasteiger charge is 2.21. The van der Waals surface area contributed by atoms with Crippen molar-refractivity contribution in [2.45, 2.75) is 85.5 Å². The molecule has 0 heteroatoms. The van der Waals surface area contributed by atoms with E-state index in [2.05, 4.69) is 62.4 Å². The van der Waals surface area contributed by atoms with Gasteiger partial charge < -0.3 is 0 Å². The number of aryl methyl sites for hydroxylation is 2. The molecule has 0 bridgehead atoms. The van der Waals surface area contributed by atoms with E-state index < -0.39 is 0 Å². The fourth-order valence-electron chi connectivity index (χ4n) is 4.57. The van der Waals surface area contributed by atoms with Crippen LogP contribution in [0, 0.1) is 11.8 Å². The second-order valence-corrected chi connectivity index (χ2v) is 8.43. The smallest absolute Gasteiger partial charge is 0.0250 e. The molecular weight excluding hydrogens is 324 g/mol. The predicted molar refractivity (Wildman–Crippen MR) is 120 cm³/mol. The van der Waals surface area contributed by atoms with Gasteiger partial charge in [0.05, 0.1) is 0 Å². The molecule has 2 aromatic rings. The minimum absolute atomic E-state index is 0. The number of rotatable bonds is 8. The fraction of sp³-hybridized carbons (Fsp3) is 0.556. The Bertz CT molecular complexity index is 567. The molecule has 0 nitrogen and oxygen atoms in total. The van der Waals surface area contributed by atoms with E-state index in [1.165, 1.54) is 75.3 Å². The highest BCUT2D eigenvalue weighted by Crippen LogP contribution is 2.33. The van der Waals surface area contributed by atoms with Gasteiger partial charge in [0, 0.05) is 0 Å². The maximum atomic E-state index is 2.37. The van der Waals surface area contributed by atoms with Crippen molar-refractivity contribution in [1.29, 1.82) is 0 Å². The molecule has 1 fully saturated rings. The van der Waals surface area contributed by atoms with Crippen molar-refractivity contribution in [2.24, 2.45) is 11.8 Å². The first kappa shape index (κ1) is 21.7. The molecule has 0 N–H and O–H groups in total. The second kappa shape index (κ2) is 11.3. The maximum Gasteiger partial charge on any atom is -0.0250 e. The van der Waals surface area contributed by atoms with Gasteiger partial charge in [-0.05, 0) is 85.5 Å². The lowest BCUT2D eigenvalue weighted by atomic mass is 9.77. The van der Waals surface area contributed by atoms with Crippen molar-refractivity contribution in [1.82, 2.24) is 0 Å². The summed E-state index contributed by atoms with van der Waals surface area (Å²) in [6, 6.07) is 18.8. The zero-order chi connectivity index (χ0) is 18.2. The van der Waals surface area contributed by atoms with E-state index in [0.717, 1.165) is 11.8 Å². The lowest BCUT2D eigenvalue weighted by molar-refractivity contribution is 0.272. The van der Waals surface area contributed by atoms with Gasteiger partial charge in [-0.1, -0.05) is 82.6 Å². The molecule has 3 rings (SSSR count). The third-order valence-corrected chi connectivity index (χ3v) is 6.14. The van der Waals surface area contributed by atoms with Gasteiger partial charge in [0.2, 0.25) is 0 Å². The molecule has 0 atom stereocenters. The van der Waals surface area contributed by atoms with E-state index in [0.29, 0.717) is 0 Å². The minimum atomic E-state index is 0. The Hall–Kier alpha value is -1.56. The Morgan fingerprint density at radius 1 is 0.556 bits per heavy atom. The van der Waals surface area contributed by atoms with Crippen molar-refractivity contribution in [3.63, 3.8) is 0 Å². The largest absolute Gasteiger partial charge is 0.0776 e. The van der Waals surface area contributed by atoms with Crippen LogP contribution in [-0.2, 0) is 25.7 Å². The monoisotopic (exact) mass is 364 g/mol. The van der Waals surface area contributed by atoms with Gasteiger partial charge in [0.25, 0.3) is 0 Å². The summed E-state index contributed by atoms with van der Waals surface area (Å²) in [4.78, 5) is 0. The zero-order valence-electron chi connectivity index (χ0n) is 16.8. The summed E-state index contributed by atoms with van der Waals surface area (Å²) >= 11 is 0. The van der Waals surface area contributed by atoms with Crippen molar-refractivity contribution in [3.8, 4) is 0 Å². The topological polar surface area (TPSA) is 0 Å². The van der Waals surface area contributed by atoms with Gasteiger partial charge in [-0.25, -0.2) is 0 Å². The van der Waals surface area contributed by atoms with Crippen molar-refractivity contribution in [2.75, 3.05) is 0 Å². The van der Waals surface area contributed by atoms with Gasteiger partial charge in [0.15, 0.2) is 0 Å². The Balaban J connectivity index is 0.00000261. The van der Waals surface area contributed by atoms with Crippen molar-refractivity contribution >= 4 is 0 Å². The number of hydrogen-bond acceptors (Lipinski definition) is 0. The normalized spacial score (nSPS) is 19.5. The quantitative estimate of drug-likeness (QED) is 0.448. The van der Waals surface area contributed by atoms with Crippen LogP contribution in [0.25, 0.3) is 0 Å².